The van der Waals surface area contributed by atoms with Crippen LogP contribution in [0.5, 0.6) is 0 Å². The monoisotopic (exact) mass is 314 g/mol. The van der Waals surface area contributed by atoms with Gasteiger partial charge in [-0.05, 0) is 25.0 Å². The summed E-state index contributed by atoms with van der Waals surface area (Å²) in [6.07, 6.45) is 3.91. The summed E-state index contributed by atoms with van der Waals surface area (Å²) in [5.74, 6) is 1.05. The molecule has 1 saturated heterocycles. The summed E-state index contributed by atoms with van der Waals surface area (Å²) in [5.41, 5.74) is 0.942. The van der Waals surface area contributed by atoms with Crippen molar-refractivity contribution in [1.29, 1.82) is 0 Å². The Bertz CT molecular complexity index is 663. The number of hydrogen-bond acceptors (Lipinski definition) is 5. The minimum atomic E-state index is 0.179. The van der Waals surface area contributed by atoms with Crippen molar-refractivity contribution in [3.05, 3.63) is 30.6 Å². The van der Waals surface area contributed by atoms with Gasteiger partial charge in [0.25, 0.3) is 0 Å². The van der Waals surface area contributed by atoms with Gasteiger partial charge in [-0.3, -0.25) is 4.79 Å². The van der Waals surface area contributed by atoms with Crippen molar-refractivity contribution in [3.8, 4) is 0 Å². The number of benzene rings is 1. The number of carbonyl (C=O) groups is 1. The largest absolute Gasteiger partial charge is 0.384 e. The van der Waals surface area contributed by atoms with Crippen molar-refractivity contribution in [2.45, 2.75) is 25.3 Å². The minimum absolute atomic E-state index is 0.179. The fraction of sp³-hybridized carbons (Fsp3) is 0.471. The summed E-state index contributed by atoms with van der Waals surface area (Å²) in [4.78, 5) is 22.6. The van der Waals surface area contributed by atoms with Crippen molar-refractivity contribution >= 4 is 22.6 Å². The molecule has 1 aromatic carbocycles. The molecule has 2 heterocycles. The molecule has 2 aromatic rings. The van der Waals surface area contributed by atoms with Crippen molar-refractivity contribution in [3.63, 3.8) is 0 Å². The second-order valence-corrected chi connectivity index (χ2v) is 5.78. The first-order valence-electron chi connectivity index (χ1n) is 8.01. The first kappa shape index (κ1) is 15.7. The Hall–Kier alpha value is -2.21. The van der Waals surface area contributed by atoms with Crippen molar-refractivity contribution in [2.75, 3.05) is 32.1 Å². The molecule has 1 aliphatic rings. The Labute approximate surface area is 135 Å². The quantitative estimate of drug-likeness (QED) is 0.915. The molecule has 0 bridgehead atoms. The Morgan fingerprint density at radius 1 is 1.30 bits per heavy atom. The molecule has 6 heteroatoms. The lowest BCUT2D eigenvalue weighted by atomic mass is 10.0. The minimum Gasteiger partial charge on any atom is -0.384 e. The zero-order chi connectivity index (χ0) is 16.1. The van der Waals surface area contributed by atoms with E-state index in [4.69, 9.17) is 4.74 Å². The smallest absolute Gasteiger partial charge is 0.224 e. The number of ether oxygens (including phenoxy) is 1. The number of aromatic nitrogens is 2. The van der Waals surface area contributed by atoms with Crippen molar-refractivity contribution in [2.24, 2.45) is 0 Å². The van der Waals surface area contributed by atoms with Gasteiger partial charge in [0.05, 0.1) is 18.5 Å². The van der Waals surface area contributed by atoms with Gasteiger partial charge in [0, 0.05) is 31.6 Å². The molecule has 1 aliphatic heterocycles. The lowest BCUT2D eigenvalue weighted by Crippen LogP contribution is -2.42. The molecule has 122 valence electrons. The highest BCUT2D eigenvalue weighted by Gasteiger charge is 2.23. The molecule has 1 fully saturated rings. The second kappa shape index (κ2) is 7.37. The number of methoxy groups -OCH3 is 1. The number of nitrogens with one attached hydrogen (secondary N) is 1. The van der Waals surface area contributed by atoms with E-state index >= 15 is 0 Å². The zero-order valence-corrected chi connectivity index (χ0v) is 13.4. The fourth-order valence-electron chi connectivity index (χ4n) is 2.93. The molecule has 6 nitrogen and oxygen atoms in total. The highest BCUT2D eigenvalue weighted by molar-refractivity contribution is 5.88. The average molecular weight is 314 g/mol. The van der Waals surface area contributed by atoms with Crippen LogP contribution < -0.4 is 5.32 Å². The van der Waals surface area contributed by atoms with Gasteiger partial charge in [-0.1, -0.05) is 12.1 Å². The standard InChI is InChI=1S/C17H22N4O2/c1-23-11-8-16(22)21-9-6-13(7-10-21)20-17-14-4-2-3-5-15(14)18-12-19-17/h2-5,12-13H,6-11H2,1H3,(H,18,19,20). The van der Waals surface area contributed by atoms with E-state index in [0.717, 1.165) is 42.7 Å². The molecule has 3 rings (SSSR count). The Morgan fingerprint density at radius 2 is 2.09 bits per heavy atom. The third-order valence-electron chi connectivity index (χ3n) is 4.25. The van der Waals surface area contributed by atoms with Crippen LogP contribution in [0.2, 0.25) is 0 Å². The number of rotatable bonds is 5. The summed E-state index contributed by atoms with van der Waals surface area (Å²) in [6.45, 7) is 2.05. The fourth-order valence-corrected chi connectivity index (χ4v) is 2.93. The van der Waals surface area contributed by atoms with Gasteiger partial charge in [0.2, 0.25) is 5.91 Å². The van der Waals surface area contributed by atoms with Crippen LogP contribution in [0.3, 0.4) is 0 Å². The number of hydrogen-bond donors (Lipinski definition) is 1. The van der Waals surface area contributed by atoms with Crippen LogP contribution in [0.15, 0.2) is 30.6 Å². The van der Waals surface area contributed by atoms with E-state index < -0.39 is 0 Å². The molecular weight excluding hydrogens is 292 g/mol. The average Bonchev–Trinajstić information content (AvgIpc) is 2.60. The molecule has 1 aromatic heterocycles. The molecule has 0 aliphatic carbocycles. The highest BCUT2D eigenvalue weighted by Crippen LogP contribution is 2.22. The van der Waals surface area contributed by atoms with Crippen LogP contribution in [0.1, 0.15) is 19.3 Å². The molecule has 0 saturated carbocycles. The van der Waals surface area contributed by atoms with Crippen LogP contribution in [0.4, 0.5) is 5.82 Å². The van der Waals surface area contributed by atoms with E-state index in [0.29, 0.717) is 19.1 Å². The molecular formula is C17H22N4O2. The number of amides is 1. The lowest BCUT2D eigenvalue weighted by Gasteiger charge is -2.32. The first-order chi connectivity index (χ1) is 11.3. The van der Waals surface area contributed by atoms with Gasteiger partial charge in [0.15, 0.2) is 0 Å². The van der Waals surface area contributed by atoms with Crippen LogP contribution in [-0.2, 0) is 9.53 Å². The van der Waals surface area contributed by atoms with Crippen molar-refractivity contribution in [1.82, 2.24) is 14.9 Å². The number of likely N-dealkylation sites (tertiary alicyclic amines) is 1. The molecule has 0 radical (unpaired) electrons. The van der Waals surface area contributed by atoms with Gasteiger partial charge in [-0.15, -0.1) is 0 Å². The molecule has 0 atom stereocenters. The van der Waals surface area contributed by atoms with Crippen molar-refractivity contribution < 1.29 is 9.53 Å². The van der Waals surface area contributed by atoms with Crippen LogP contribution in [0.25, 0.3) is 10.9 Å². The predicted molar refractivity (Wildman–Crippen MR) is 89.3 cm³/mol. The summed E-state index contributed by atoms with van der Waals surface area (Å²) in [7, 11) is 1.62. The summed E-state index contributed by atoms with van der Waals surface area (Å²) >= 11 is 0. The Morgan fingerprint density at radius 3 is 2.87 bits per heavy atom. The van der Waals surface area contributed by atoms with Crippen LogP contribution in [0, 0.1) is 0 Å². The Kier molecular flexibility index (Phi) is 5.02. The van der Waals surface area contributed by atoms with Gasteiger partial charge in [-0.25, -0.2) is 9.97 Å². The number of carbonyl (C=O) groups excluding carboxylic acids is 1. The van der Waals surface area contributed by atoms with E-state index in [1.807, 2.05) is 29.2 Å². The molecule has 0 unspecified atom stereocenters. The lowest BCUT2D eigenvalue weighted by molar-refractivity contribution is -0.133. The van der Waals surface area contributed by atoms with Gasteiger partial charge >= 0.3 is 0 Å². The molecule has 0 spiro atoms. The summed E-state index contributed by atoms with van der Waals surface area (Å²) in [6, 6.07) is 8.32. The van der Waals surface area contributed by atoms with E-state index in [-0.39, 0.29) is 5.91 Å². The number of para-hydroxylation sites is 1. The van der Waals surface area contributed by atoms with Gasteiger partial charge in [-0.2, -0.15) is 0 Å². The molecule has 23 heavy (non-hydrogen) atoms. The van der Waals surface area contributed by atoms with E-state index in [2.05, 4.69) is 15.3 Å². The Balaban J connectivity index is 1.59. The number of nitrogens with zero attached hydrogens (tertiary/aromatic N) is 3. The van der Waals surface area contributed by atoms with Crippen LogP contribution >= 0.6 is 0 Å². The maximum Gasteiger partial charge on any atom is 0.224 e. The summed E-state index contributed by atoms with van der Waals surface area (Å²) in [5, 5.41) is 4.55. The number of fused-ring (bicyclic) bond motifs is 1. The maximum absolute atomic E-state index is 12.0. The highest BCUT2D eigenvalue weighted by atomic mass is 16.5. The topological polar surface area (TPSA) is 67.3 Å². The maximum atomic E-state index is 12.0. The number of piperidine rings is 1. The van der Waals surface area contributed by atoms with E-state index in [1.54, 1.807) is 13.4 Å². The van der Waals surface area contributed by atoms with Gasteiger partial charge < -0.3 is 15.0 Å². The molecule has 1 amide bonds. The SMILES string of the molecule is COCCC(=O)N1CCC(Nc2ncnc3ccccc23)CC1. The van der Waals surface area contributed by atoms with E-state index in [9.17, 15) is 4.79 Å². The third kappa shape index (κ3) is 3.76. The summed E-state index contributed by atoms with van der Waals surface area (Å²) < 4.78 is 4.97. The van der Waals surface area contributed by atoms with Gasteiger partial charge in [0.1, 0.15) is 12.1 Å². The normalized spacial score (nSPS) is 15.8. The third-order valence-corrected chi connectivity index (χ3v) is 4.25. The predicted octanol–water partition coefficient (Wildman–Crippen LogP) is 2.07. The number of anilines is 1. The van der Waals surface area contributed by atoms with Crippen LogP contribution in [-0.4, -0.2) is 53.6 Å². The zero-order valence-electron chi connectivity index (χ0n) is 13.4. The second-order valence-electron chi connectivity index (χ2n) is 5.78. The van der Waals surface area contributed by atoms with E-state index in [1.165, 1.54) is 0 Å². The first-order valence-corrected chi connectivity index (χ1v) is 8.01. The molecule has 1 N–H and O–H groups in total.